The van der Waals surface area contributed by atoms with E-state index in [0.717, 1.165) is 0 Å². The van der Waals surface area contributed by atoms with Crippen LogP contribution in [0, 0.1) is 0 Å². The summed E-state index contributed by atoms with van der Waals surface area (Å²) in [5, 5.41) is 0. The lowest BCUT2D eigenvalue weighted by Crippen LogP contribution is -2.06. The first-order valence-corrected chi connectivity index (χ1v) is 3.64. The molecule has 0 saturated carbocycles. The quantitative estimate of drug-likeness (QED) is 0.665. The lowest BCUT2D eigenvalue weighted by Gasteiger charge is -2.00. The van der Waals surface area contributed by atoms with Gasteiger partial charge in [-0.3, -0.25) is 4.79 Å². The number of carbonyl (C=O) groups excluding carboxylic acids is 1. The minimum Gasteiger partial charge on any atom is -0.407 e. The molecular weight excluding hydrogens is 156 g/mol. The average molecular weight is 166 g/mol. The number of nitrogen functional groups attached to an aromatic ring is 1. The van der Waals surface area contributed by atoms with Crippen LogP contribution < -0.4 is 10.5 Å². The van der Waals surface area contributed by atoms with Crippen molar-refractivity contribution < 1.29 is 9.53 Å². The van der Waals surface area contributed by atoms with Crippen LogP contribution >= 0.6 is 0 Å². The van der Waals surface area contributed by atoms with Gasteiger partial charge in [-0.25, -0.2) is 4.98 Å². The van der Waals surface area contributed by atoms with E-state index in [1.54, 1.807) is 19.1 Å². The molecule has 0 spiro atoms. The van der Waals surface area contributed by atoms with Gasteiger partial charge in [-0.15, -0.1) is 0 Å². The van der Waals surface area contributed by atoms with Crippen LogP contribution in [0.1, 0.15) is 13.3 Å². The summed E-state index contributed by atoms with van der Waals surface area (Å²) >= 11 is 0. The van der Waals surface area contributed by atoms with Gasteiger partial charge in [0.15, 0.2) is 0 Å². The van der Waals surface area contributed by atoms with Crippen molar-refractivity contribution in [2.75, 3.05) is 5.73 Å². The lowest BCUT2D eigenvalue weighted by molar-refractivity contribution is -0.134. The topological polar surface area (TPSA) is 65.2 Å². The largest absolute Gasteiger partial charge is 0.407 e. The molecule has 64 valence electrons. The van der Waals surface area contributed by atoms with Crippen molar-refractivity contribution >= 4 is 11.7 Å². The molecular formula is C8H10N2O2. The third-order valence-corrected chi connectivity index (χ3v) is 1.27. The third kappa shape index (κ3) is 2.23. The Morgan fingerprint density at radius 2 is 2.42 bits per heavy atom. The van der Waals surface area contributed by atoms with Crippen LogP contribution in [-0.2, 0) is 4.79 Å². The van der Waals surface area contributed by atoms with Crippen molar-refractivity contribution in [2.24, 2.45) is 0 Å². The first kappa shape index (κ1) is 8.52. The zero-order chi connectivity index (χ0) is 8.97. The molecule has 0 unspecified atom stereocenters. The summed E-state index contributed by atoms with van der Waals surface area (Å²) in [5.41, 5.74) is 5.93. The average Bonchev–Trinajstić information content (AvgIpc) is 2.09. The molecule has 0 radical (unpaired) electrons. The van der Waals surface area contributed by atoms with Gasteiger partial charge in [-0.2, -0.15) is 0 Å². The van der Waals surface area contributed by atoms with Crippen LogP contribution in [0.25, 0.3) is 0 Å². The number of esters is 1. The highest BCUT2D eigenvalue weighted by Crippen LogP contribution is 2.08. The second kappa shape index (κ2) is 3.71. The molecule has 12 heavy (non-hydrogen) atoms. The molecule has 4 nitrogen and oxygen atoms in total. The normalized spacial score (nSPS) is 9.42. The summed E-state index contributed by atoms with van der Waals surface area (Å²) in [6.07, 6.45) is 1.78. The van der Waals surface area contributed by atoms with Crippen LogP contribution in [0.15, 0.2) is 18.3 Å². The van der Waals surface area contributed by atoms with Gasteiger partial charge in [0, 0.05) is 12.5 Å². The number of hydrogen-bond acceptors (Lipinski definition) is 4. The Labute approximate surface area is 70.4 Å². The predicted molar refractivity (Wildman–Crippen MR) is 44.6 cm³/mol. The van der Waals surface area contributed by atoms with Crippen molar-refractivity contribution in [3.63, 3.8) is 0 Å². The Hall–Kier alpha value is -1.58. The summed E-state index contributed by atoms with van der Waals surface area (Å²) < 4.78 is 4.81. The van der Waals surface area contributed by atoms with E-state index >= 15 is 0 Å². The number of ether oxygens (including phenoxy) is 1. The molecule has 0 atom stereocenters. The van der Waals surface area contributed by atoms with Crippen LogP contribution in [0.4, 0.5) is 5.69 Å². The van der Waals surface area contributed by atoms with E-state index < -0.39 is 0 Å². The van der Waals surface area contributed by atoms with Gasteiger partial charge in [0.1, 0.15) is 0 Å². The molecule has 4 heteroatoms. The van der Waals surface area contributed by atoms with Crippen molar-refractivity contribution in [1.82, 2.24) is 4.98 Å². The van der Waals surface area contributed by atoms with Crippen molar-refractivity contribution in [2.45, 2.75) is 13.3 Å². The number of pyridine rings is 1. The summed E-state index contributed by atoms with van der Waals surface area (Å²) in [6.45, 7) is 1.72. The van der Waals surface area contributed by atoms with E-state index in [1.165, 1.54) is 6.20 Å². The van der Waals surface area contributed by atoms with Gasteiger partial charge in [-0.05, 0) is 6.07 Å². The molecule has 1 rings (SSSR count). The van der Waals surface area contributed by atoms with E-state index in [4.69, 9.17) is 10.5 Å². The van der Waals surface area contributed by atoms with Gasteiger partial charge < -0.3 is 10.5 Å². The standard InChI is InChI=1S/C8H10N2O2/c1-2-8(11)12-7-4-3-6(9)5-10-7/h3-5H,2,9H2,1H3. The first-order chi connectivity index (χ1) is 5.72. The van der Waals surface area contributed by atoms with Gasteiger partial charge in [-0.1, -0.05) is 6.92 Å². The van der Waals surface area contributed by atoms with Crippen LogP contribution in [0.5, 0.6) is 5.88 Å². The highest BCUT2D eigenvalue weighted by Gasteiger charge is 2.00. The van der Waals surface area contributed by atoms with E-state index in [9.17, 15) is 4.79 Å². The molecule has 2 N–H and O–H groups in total. The number of carbonyl (C=O) groups is 1. The van der Waals surface area contributed by atoms with E-state index in [0.29, 0.717) is 12.1 Å². The maximum atomic E-state index is 10.8. The highest BCUT2D eigenvalue weighted by atomic mass is 16.5. The summed E-state index contributed by atoms with van der Waals surface area (Å²) in [4.78, 5) is 14.6. The van der Waals surface area contributed by atoms with Crippen molar-refractivity contribution in [3.05, 3.63) is 18.3 Å². The number of nitrogens with two attached hydrogens (primary N) is 1. The van der Waals surface area contributed by atoms with Gasteiger partial charge in [0.05, 0.1) is 11.9 Å². The molecule has 0 aromatic carbocycles. The fourth-order valence-electron chi connectivity index (χ4n) is 0.641. The molecule has 0 saturated heterocycles. The fourth-order valence-corrected chi connectivity index (χ4v) is 0.641. The third-order valence-electron chi connectivity index (χ3n) is 1.27. The molecule has 1 aromatic heterocycles. The van der Waals surface area contributed by atoms with Crippen LogP contribution in [0.2, 0.25) is 0 Å². The maximum Gasteiger partial charge on any atom is 0.312 e. The maximum absolute atomic E-state index is 10.8. The van der Waals surface area contributed by atoms with E-state index in [2.05, 4.69) is 4.98 Å². The Morgan fingerprint density at radius 3 is 2.92 bits per heavy atom. The van der Waals surface area contributed by atoms with Gasteiger partial charge in [0.2, 0.25) is 5.88 Å². The first-order valence-electron chi connectivity index (χ1n) is 3.64. The molecule has 0 aliphatic rings. The number of nitrogens with zero attached hydrogens (tertiary/aromatic N) is 1. The van der Waals surface area contributed by atoms with E-state index in [1.807, 2.05) is 0 Å². The van der Waals surface area contributed by atoms with Crippen LogP contribution in [0.3, 0.4) is 0 Å². The monoisotopic (exact) mass is 166 g/mol. The molecule has 1 heterocycles. The molecule has 0 bridgehead atoms. The number of rotatable bonds is 2. The fraction of sp³-hybridized carbons (Fsp3) is 0.250. The van der Waals surface area contributed by atoms with E-state index in [-0.39, 0.29) is 11.8 Å². The highest BCUT2D eigenvalue weighted by molar-refractivity contribution is 5.71. The summed E-state index contributed by atoms with van der Waals surface area (Å²) in [6, 6.07) is 3.19. The minimum atomic E-state index is -0.299. The molecule has 0 aliphatic heterocycles. The number of anilines is 1. The molecule has 0 aliphatic carbocycles. The summed E-state index contributed by atoms with van der Waals surface area (Å²) in [5.74, 6) is -0.0108. The van der Waals surface area contributed by atoms with Gasteiger partial charge in [0.25, 0.3) is 0 Å². The molecule has 0 fully saturated rings. The Bertz CT molecular complexity index is 269. The molecule has 1 aromatic rings. The predicted octanol–water partition coefficient (Wildman–Crippen LogP) is 0.979. The molecule has 0 amide bonds. The van der Waals surface area contributed by atoms with Crippen LogP contribution in [-0.4, -0.2) is 11.0 Å². The van der Waals surface area contributed by atoms with Crippen molar-refractivity contribution in [3.8, 4) is 5.88 Å². The summed E-state index contributed by atoms with van der Waals surface area (Å²) in [7, 11) is 0. The Morgan fingerprint density at radius 1 is 1.67 bits per heavy atom. The number of hydrogen-bond donors (Lipinski definition) is 1. The SMILES string of the molecule is CCC(=O)Oc1ccc(N)cn1. The second-order valence-electron chi connectivity index (χ2n) is 2.26. The minimum absolute atomic E-state index is 0.288. The lowest BCUT2D eigenvalue weighted by atomic mass is 10.4. The van der Waals surface area contributed by atoms with Crippen molar-refractivity contribution in [1.29, 1.82) is 0 Å². The second-order valence-corrected chi connectivity index (χ2v) is 2.26. The Kier molecular flexibility index (Phi) is 2.63. The zero-order valence-corrected chi connectivity index (χ0v) is 6.78. The smallest absolute Gasteiger partial charge is 0.312 e. The zero-order valence-electron chi connectivity index (χ0n) is 6.78. The number of aromatic nitrogens is 1. The van der Waals surface area contributed by atoms with Gasteiger partial charge >= 0.3 is 5.97 Å². The Balaban J connectivity index is 2.64.